The van der Waals surface area contributed by atoms with Gasteiger partial charge in [-0.2, -0.15) is 0 Å². The fraction of sp³-hybridized carbons (Fsp3) is 1.00. The summed E-state index contributed by atoms with van der Waals surface area (Å²) < 4.78 is 16.9. The number of hydrogen-bond donors (Lipinski definition) is 0. The molecule has 1 aliphatic heterocycles. The summed E-state index contributed by atoms with van der Waals surface area (Å²) in [6.45, 7) is 6.02. The highest BCUT2D eigenvalue weighted by Gasteiger charge is 2.26. The van der Waals surface area contributed by atoms with Crippen molar-refractivity contribution in [3.8, 4) is 0 Å². The molecular weight excluding hydrogens is 194 g/mol. The van der Waals surface area contributed by atoms with Crippen molar-refractivity contribution in [3.05, 3.63) is 0 Å². The number of methoxy groups -OCH3 is 1. The Bertz CT molecular complexity index is 158. The van der Waals surface area contributed by atoms with Crippen LogP contribution < -0.4 is 0 Å². The Morgan fingerprint density at radius 2 is 1.53 bits per heavy atom. The number of nitrogens with zero attached hydrogens (tertiary/aromatic N) is 1. The van der Waals surface area contributed by atoms with Crippen LogP contribution in [-0.2, 0) is 14.2 Å². The predicted molar refractivity (Wildman–Crippen MR) is 58.7 cm³/mol. The molecule has 0 aliphatic carbocycles. The van der Waals surface area contributed by atoms with Crippen molar-refractivity contribution in [2.45, 2.75) is 12.8 Å². The third-order valence-corrected chi connectivity index (χ3v) is 2.85. The van der Waals surface area contributed by atoms with Crippen molar-refractivity contribution < 1.29 is 18.7 Å². The van der Waals surface area contributed by atoms with Crippen LogP contribution in [0.1, 0.15) is 12.8 Å². The van der Waals surface area contributed by atoms with Crippen molar-refractivity contribution >= 4 is 0 Å². The SMILES string of the molecule is COCCOCCOC[N+]1(C)CCCC1. The Balaban J connectivity index is 1.88. The molecule has 1 aliphatic rings. The molecule has 0 aromatic carbocycles. The van der Waals surface area contributed by atoms with Gasteiger partial charge in [0.25, 0.3) is 0 Å². The van der Waals surface area contributed by atoms with E-state index in [9.17, 15) is 0 Å². The predicted octanol–water partition coefficient (Wildman–Crippen LogP) is 0.864. The highest BCUT2D eigenvalue weighted by molar-refractivity contribution is 4.48. The lowest BCUT2D eigenvalue weighted by Crippen LogP contribution is -2.42. The normalized spacial score (nSPS) is 19.6. The van der Waals surface area contributed by atoms with E-state index in [4.69, 9.17) is 14.2 Å². The molecule has 0 atom stereocenters. The maximum Gasteiger partial charge on any atom is 0.183 e. The highest BCUT2D eigenvalue weighted by atomic mass is 16.5. The molecule has 4 nitrogen and oxygen atoms in total. The van der Waals surface area contributed by atoms with Gasteiger partial charge in [-0.25, -0.2) is 0 Å². The van der Waals surface area contributed by atoms with Crippen LogP contribution in [0, 0.1) is 0 Å². The Labute approximate surface area is 92.7 Å². The zero-order chi connectivity index (χ0) is 11.0. The first-order chi connectivity index (χ1) is 7.27. The lowest BCUT2D eigenvalue weighted by molar-refractivity contribution is -0.916. The summed E-state index contributed by atoms with van der Waals surface area (Å²) in [5.41, 5.74) is 0. The molecule has 0 N–H and O–H groups in total. The van der Waals surface area contributed by atoms with Crippen LogP contribution in [0.15, 0.2) is 0 Å². The number of hydrogen-bond acceptors (Lipinski definition) is 3. The van der Waals surface area contributed by atoms with Crippen molar-refractivity contribution in [2.75, 3.05) is 60.4 Å². The van der Waals surface area contributed by atoms with Gasteiger partial charge in [0.05, 0.1) is 46.6 Å². The molecule has 90 valence electrons. The van der Waals surface area contributed by atoms with Gasteiger partial charge in [0.2, 0.25) is 0 Å². The first kappa shape index (κ1) is 12.9. The van der Waals surface area contributed by atoms with Gasteiger partial charge >= 0.3 is 0 Å². The van der Waals surface area contributed by atoms with Gasteiger partial charge in [-0.15, -0.1) is 0 Å². The van der Waals surface area contributed by atoms with Crippen molar-refractivity contribution in [2.24, 2.45) is 0 Å². The van der Waals surface area contributed by atoms with Crippen LogP contribution in [0.3, 0.4) is 0 Å². The summed E-state index contributed by atoms with van der Waals surface area (Å²) in [7, 11) is 3.94. The van der Waals surface area contributed by atoms with Gasteiger partial charge in [0.1, 0.15) is 0 Å². The fourth-order valence-corrected chi connectivity index (χ4v) is 1.88. The third kappa shape index (κ3) is 5.47. The quantitative estimate of drug-likeness (QED) is 0.447. The topological polar surface area (TPSA) is 27.7 Å². The number of ether oxygens (including phenoxy) is 3. The largest absolute Gasteiger partial charge is 0.382 e. The monoisotopic (exact) mass is 218 g/mol. The highest BCUT2D eigenvalue weighted by Crippen LogP contribution is 2.15. The molecule has 0 spiro atoms. The molecule has 0 bridgehead atoms. The van der Waals surface area contributed by atoms with Crippen LogP contribution in [0.25, 0.3) is 0 Å². The van der Waals surface area contributed by atoms with Crippen molar-refractivity contribution in [1.82, 2.24) is 0 Å². The minimum atomic E-state index is 0.659. The summed E-state index contributed by atoms with van der Waals surface area (Å²) in [5, 5.41) is 0. The smallest absolute Gasteiger partial charge is 0.183 e. The lowest BCUT2D eigenvalue weighted by atomic mass is 10.4. The van der Waals surface area contributed by atoms with E-state index in [1.165, 1.54) is 25.9 Å². The van der Waals surface area contributed by atoms with E-state index in [0.29, 0.717) is 26.4 Å². The van der Waals surface area contributed by atoms with Crippen molar-refractivity contribution in [1.29, 1.82) is 0 Å². The average molecular weight is 218 g/mol. The Kier molecular flexibility index (Phi) is 6.17. The molecule has 0 radical (unpaired) electrons. The molecule has 4 heteroatoms. The van der Waals surface area contributed by atoms with Crippen LogP contribution in [0.4, 0.5) is 0 Å². The van der Waals surface area contributed by atoms with E-state index in [2.05, 4.69) is 7.05 Å². The number of likely N-dealkylation sites (tertiary alicyclic amines) is 1. The summed E-state index contributed by atoms with van der Waals surface area (Å²) in [4.78, 5) is 0. The molecule has 0 amide bonds. The minimum Gasteiger partial charge on any atom is -0.382 e. The van der Waals surface area contributed by atoms with Crippen LogP contribution in [0.2, 0.25) is 0 Å². The minimum absolute atomic E-state index is 0.659. The van der Waals surface area contributed by atoms with E-state index in [1.54, 1.807) is 7.11 Å². The second kappa shape index (κ2) is 7.17. The number of quaternary nitrogens is 1. The van der Waals surface area contributed by atoms with Crippen LogP contribution >= 0.6 is 0 Å². The summed E-state index contributed by atoms with van der Waals surface area (Å²) in [6.07, 6.45) is 2.67. The van der Waals surface area contributed by atoms with E-state index >= 15 is 0 Å². The Morgan fingerprint density at radius 3 is 2.20 bits per heavy atom. The fourth-order valence-electron chi connectivity index (χ4n) is 1.88. The summed E-state index contributed by atoms with van der Waals surface area (Å²) in [6, 6.07) is 0. The molecule has 15 heavy (non-hydrogen) atoms. The van der Waals surface area contributed by atoms with Gasteiger partial charge in [-0.05, 0) is 0 Å². The lowest BCUT2D eigenvalue weighted by Gasteiger charge is -2.28. The van der Waals surface area contributed by atoms with Gasteiger partial charge in [-0.1, -0.05) is 0 Å². The van der Waals surface area contributed by atoms with Gasteiger partial charge in [-0.3, -0.25) is 0 Å². The maximum absolute atomic E-state index is 5.61. The maximum atomic E-state index is 5.61. The molecule has 0 aromatic heterocycles. The molecular formula is C11H24NO3+. The standard InChI is InChI=1S/C11H24NO3/c1-12(5-3-4-6-12)11-15-10-9-14-8-7-13-2/h3-11H2,1-2H3/q+1. The molecule has 1 heterocycles. The zero-order valence-electron chi connectivity index (χ0n) is 10.0. The Morgan fingerprint density at radius 1 is 0.933 bits per heavy atom. The van der Waals surface area contributed by atoms with Crippen LogP contribution in [0.5, 0.6) is 0 Å². The molecule has 0 saturated carbocycles. The second-order valence-electron chi connectivity index (χ2n) is 4.42. The molecule has 0 unspecified atom stereocenters. The van der Waals surface area contributed by atoms with Crippen LogP contribution in [-0.4, -0.2) is 64.9 Å². The van der Waals surface area contributed by atoms with E-state index in [-0.39, 0.29) is 0 Å². The van der Waals surface area contributed by atoms with E-state index in [1.807, 2.05) is 0 Å². The second-order valence-corrected chi connectivity index (χ2v) is 4.42. The average Bonchev–Trinajstić information content (AvgIpc) is 2.64. The van der Waals surface area contributed by atoms with Gasteiger partial charge < -0.3 is 18.7 Å². The Hall–Kier alpha value is -0.160. The first-order valence-electron chi connectivity index (χ1n) is 5.75. The van der Waals surface area contributed by atoms with Crippen molar-refractivity contribution in [3.63, 3.8) is 0 Å². The zero-order valence-corrected chi connectivity index (χ0v) is 10.0. The molecule has 1 fully saturated rings. The van der Waals surface area contributed by atoms with E-state index < -0.39 is 0 Å². The first-order valence-corrected chi connectivity index (χ1v) is 5.75. The summed E-state index contributed by atoms with van der Waals surface area (Å²) >= 11 is 0. The van der Waals surface area contributed by atoms with E-state index in [0.717, 1.165) is 11.2 Å². The number of rotatable bonds is 8. The third-order valence-electron chi connectivity index (χ3n) is 2.85. The van der Waals surface area contributed by atoms with Gasteiger partial charge in [0.15, 0.2) is 6.73 Å². The molecule has 1 saturated heterocycles. The molecule has 0 aromatic rings. The molecule has 1 rings (SSSR count). The summed E-state index contributed by atoms with van der Waals surface area (Å²) in [5.74, 6) is 0. The van der Waals surface area contributed by atoms with Gasteiger partial charge in [0, 0.05) is 20.0 Å².